The maximum atomic E-state index is 11.7. The summed E-state index contributed by atoms with van der Waals surface area (Å²) >= 11 is 0. The molecule has 1 fully saturated rings. The molecule has 1 aliphatic rings. The number of rotatable bonds is 4. The number of carbonyl (C=O) groups excluding carboxylic acids is 1. The molecule has 4 unspecified atom stereocenters. The van der Waals surface area contributed by atoms with Gasteiger partial charge in [-0.3, -0.25) is 9.00 Å². The number of carbonyl (C=O) groups is 1. The summed E-state index contributed by atoms with van der Waals surface area (Å²) in [6.45, 7) is 1.88. The lowest BCUT2D eigenvalue weighted by Crippen LogP contribution is -2.39. The zero-order chi connectivity index (χ0) is 11.4. The van der Waals surface area contributed by atoms with Gasteiger partial charge in [0.15, 0.2) is 0 Å². The van der Waals surface area contributed by atoms with E-state index in [1.807, 2.05) is 6.92 Å². The topological polar surface area (TPSA) is 72.2 Å². The Morgan fingerprint density at radius 3 is 2.73 bits per heavy atom. The molecule has 4 nitrogen and oxygen atoms in total. The summed E-state index contributed by atoms with van der Waals surface area (Å²) < 4.78 is 10.9. The Balaban J connectivity index is 2.32. The summed E-state index contributed by atoms with van der Waals surface area (Å²) in [7, 11) is -0.860. The smallest absolute Gasteiger partial charge is 0.223 e. The van der Waals surface area contributed by atoms with Gasteiger partial charge in [0.1, 0.15) is 0 Å². The number of nitrogens with two attached hydrogens (primary N) is 1. The zero-order valence-electron chi connectivity index (χ0n) is 9.36. The number of hydrogen-bond acceptors (Lipinski definition) is 3. The second kappa shape index (κ2) is 5.61. The Morgan fingerprint density at radius 1 is 1.60 bits per heavy atom. The molecule has 0 spiro atoms. The van der Waals surface area contributed by atoms with Gasteiger partial charge in [0.05, 0.1) is 0 Å². The lowest BCUT2D eigenvalue weighted by Gasteiger charge is -2.15. The van der Waals surface area contributed by atoms with Crippen molar-refractivity contribution in [2.75, 3.05) is 12.0 Å². The maximum absolute atomic E-state index is 11.7. The van der Waals surface area contributed by atoms with E-state index in [2.05, 4.69) is 5.32 Å². The minimum Gasteiger partial charge on any atom is -0.352 e. The van der Waals surface area contributed by atoms with Gasteiger partial charge in [0, 0.05) is 40.8 Å². The van der Waals surface area contributed by atoms with Crippen LogP contribution in [0.1, 0.15) is 26.2 Å². The van der Waals surface area contributed by atoms with Gasteiger partial charge >= 0.3 is 0 Å². The van der Waals surface area contributed by atoms with E-state index in [0.717, 1.165) is 19.3 Å². The van der Waals surface area contributed by atoms with Crippen molar-refractivity contribution in [2.45, 2.75) is 38.3 Å². The SMILES string of the molecule is CC(CS(C)=O)NC(=O)C1CCC(N)C1. The van der Waals surface area contributed by atoms with Crippen LogP contribution in [0.5, 0.6) is 0 Å². The highest BCUT2D eigenvalue weighted by Crippen LogP contribution is 2.24. The highest BCUT2D eigenvalue weighted by Gasteiger charge is 2.28. The van der Waals surface area contributed by atoms with Gasteiger partial charge in [-0.15, -0.1) is 0 Å². The van der Waals surface area contributed by atoms with Crippen LogP contribution in [0.15, 0.2) is 0 Å². The van der Waals surface area contributed by atoms with Crippen molar-refractivity contribution in [3.8, 4) is 0 Å². The van der Waals surface area contributed by atoms with Crippen LogP contribution >= 0.6 is 0 Å². The molecule has 3 N–H and O–H groups in total. The standard InChI is InChI=1S/C10H20N2O2S/c1-7(6-15(2)14)12-10(13)8-3-4-9(11)5-8/h7-9H,3-6,11H2,1-2H3,(H,12,13). The Labute approximate surface area is 93.4 Å². The maximum Gasteiger partial charge on any atom is 0.223 e. The van der Waals surface area contributed by atoms with Gasteiger partial charge < -0.3 is 11.1 Å². The fourth-order valence-corrected chi connectivity index (χ4v) is 2.80. The first-order valence-corrected chi connectivity index (χ1v) is 7.07. The van der Waals surface area contributed by atoms with E-state index in [4.69, 9.17) is 5.73 Å². The molecule has 1 amide bonds. The minimum absolute atomic E-state index is 0.0137. The molecule has 0 aromatic rings. The largest absolute Gasteiger partial charge is 0.352 e. The third-order valence-electron chi connectivity index (χ3n) is 2.72. The van der Waals surface area contributed by atoms with E-state index >= 15 is 0 Å². The first kappa shape index (κ1) is 12.6. The van der Waals surface area contributed by atoms with Gasteiger partial charge in [-0.1, -0.05) is 0 Å². The molecule has 1 aliphatic carbocycles. The Hall–Kier alpha value is -0.420. The summed E-state index contributed by atoms with van der Waals surface area (Å²) in [6.07, 6.45) is 4.25. The summed E-state index contributed by atoms with van der Waals surface area (Å²) in [4.78, 5) is 11.7. The highest BCUT2D eigenvalue weighted by molar-refractivity contribution is 7.84. The molecule has 0 aliphatic heterocycles. The van der Waals surface area contributed by atoms with Gasteiger partial charge in [-0.05, 0) is 26.2 Å². The van der Waals surface area contributed by atoms with Crippen molar-refractivity contribution < 1.29 is 9.00 Å². The molecular formula is C10H20N2O2S. The fourth-order valence-electron chi connectivity index (χ4n) is 2.01. The van der Waals surface area contributed by atoms with Crippen LogP contribution in [0.25, 0.3) is 0 Å². The molecule has 0 aromatic heterocycles. The molecule has 1 rings (SSSR count). The lowest BCUT2D eigenvalue weighted by molar-refractivity contribution is -0.125. The molecule has 5 heteroatoms. The second-order valence-electron chi connectivity index (χ2n) is 4.42. The highest BCUT2D eigenvalue weighted by atomic mass is 32.2. The van der Waals surface area contributed by atoms with Crippen LogP contribution in [0, 0.1) is 5.92 Å². The van der Waals surface area contributed by atoms with Gasteiger partial charge in [-0.25, -0.2) is 0 Å². The lowest BCUT2D eigenvalue weighted by atomic mass is 10.1. The zero-order valence-corrected chi connectivity index (χ0v) is 10.2. The van der Waals surface area contributed by atoms with E-state index in [0.29, 0.717) is 5.75 Å². The number of nitrogens with one attached hydrogen (secondary N) is 1. The normalized spacial score (nSPS) is 29.8. The first-order valence-electron chi connectivity index (χ1n) is 5.35. The van der Waals surface area contributed by atoms with E-state index in [9.17, 15) is 9.00 Å². The van der Waals surface area contributed by atoms with Crippen molar-refractivity contribution in [3.05, 3.63) is 0 Å². The summed E-state index contributed by atoms with van der Waals surface area (Å²) in [5.74, 6) is 0.651. The van der Waals surface area contributed by atoms with Crippen LogP contribution in [0.3, 0.4) is 0 Å². The van der Waals surface area contributed by atoms with Crippen molar-refractivity contribution in [2.24, 2.45) is 11.7 Å². The van der Waals surface area contributed by atoms with Crippen LogP contribution in [-0.2, 0) is 15.6 Å². The molecule has 0 saturated heterocycles. The van der Waals surface area contributed by atoms with Crippen LogP contribution < -0.4 is 11.1 Å². The van der Waals surface area contributed by atoms with Crippen molar-refractivity contribution in [1.29, 1.82) is 0 Å². The molecule has 1 saturated carbocycles. The molecule has 4 atom stereocenters. The third kappa shape index (κ3) is 4.30. The Bertz CT molecular complexity index is 258. The first-order chi connectivity index (χ1) is 6.99. The summed E-state index contributed by atoms with van der Waals surface area (Å²) in [6, 6.07) is 0.163. The quantitative estimate of drug-likeness (QED) is 0.716. The average Bonchev–Trinajstić information content (AvgIpc) is 2.49. The molecular weight excluding hydrogens is 212 g/mol. The summed E-state index contributed by atoms with van der Waals surface area (Å²) in [5.41, 5.74) is 5.75. The molecule has 0 heterocycles. The van der Waals surface area contributed by atoms with Gasteiger partial charge in [-0.2, -0.15) is 0 Å². The van der Waals surface area contributed by atoms with Crippen molar-refractivity contribution in [3.63, 3.8) is 0 Å². The van der Waals surface area contributed by atoms with Crippen LogP contribution in [0.2, 0.25) is 0 Å². The second-order valence-corrected chi connectivity index (χ2v) is 5.90. The molecule has 0 radical (unpaired) electrons. The van der Waals surface area contributed by atoms with E-state index in [1.165, 1.54) is 0 Å². The number of amides is 1. The Kier molecular flexibility index (Phi) is 4.73. The Morgan fingerprint density at radius 2 is 2.27 bits per heavy atom. The van der Waals surface area contributed by atoms with Crippen LogP contribution in [-0.4, -0.2) is 34.2 Å². The van der Waals surface area contributed by atoms with Gasteiger partial charge in [0.2, 0.25) is 5.91 Å². The summed E-state index contributed by atoms with van der Waals surface area (Å²) in [5, 5.41) is 2.89. The van der Waals surface area contributed by atoms with Crippen molar-refractivity contribution in [1.82, 2.24) is 5.32 Å². The molecule has 88 valence electrons. The number of hydrogen-bond donors (Lipinski definition) is 2. The fraction of sp³-hybridized carbons (Fsp3) is 0.900. The monoisotopic (exact) mass is 232 g/mol. The predicted octanol–water partition coefficient (Wildman–Crippen LogP) is -0.00300. The van der Waals surface area contributed by atoms with Crippen molar-refractivity contribution >= 4 is 16.7 Å². The van der Waals surface area contributed by atoms with E-state index in [-0.39, 0.29) is 23.9 Å². The minimum atomic E-state index is -0.860. The van der Waals surface area contributed by atoms with E-state index in [1.54, 1.807) is 6.26 Å². The van der Waals surface area contributed by atoms with E-state index < -0.39 is 10.8 Å². The molecule has 0 bridgehead atoms. The molecule has 0 aromatic carbocycles. The van der Waals surface area contributed by atoms with Crippen LogP contribution in [0.4, 0.5) is 0 Å². The molecule has 15 heavy (non-hydrogen) atoms. The average molecular weight is 232 g/mol. The predicted molar refractivity (Wildman–Crippen MR) is 61.9 cm³/mol. The van der Waals surface area contributed by atoms with Gasteiger partial charge in [0.25, 0.3) is 0 Å². The third-order valence-corrected chi connectivity index (χ3v) is 3.69.